The van der Waals surface area contributed by atoms with Crippen LogP contribution in [-0.4, -0.2) is 62.2 Å². The van der Waals surface area contributed by atoms with Gasteiger partial charge in [-0.1, -0.05) is 32.9 Å². The summed E-state index contributed by atoms with van der Waals surface area (Å²) in [5, 5.41) is 13.9. The lowest BCUT2D eigenvalue weighted by Gasteiger charge is -2.30. The van der Waals surface area contributed by atoms with E-state index in [-0.39, 0.29) is 43.9 Å². The van der Waals surface area contributed by atoms with Crippen LogP contribution in [0.4, 0.5) is 16.2 Å². The van der Waals surface area contributed by atoms with Crippen molar-refractivity contribution in [2.24, 2.45) is 0 Å². The van der Waals surface area contributed by atoms with E-state index in [1.54, 1.807) is 36.4 Å². The minimum atomic E-state index is -2.48. The third kappa shape index (κ3) is 8.59. The number of carbonyl (C=O) groups is 4. The van der Waals surface area contributed by atoms with Gasteiger partial charge in [-0.2, -0.15) is 0 Å². The number of rotatable bonds is 12. The number of nitrogens with zero attached hydrogens (tertiary/aromatic N) is 2. The smallest absolute Gasteiger partial charge is 0.328 e. The summed E-state index contributed by atoms with van der Waals surface area (Å²) in [5.41, 5.74) is 2.07. The number of methoxy groups -OCH3 is 1. The van der Waals surface area contributed by atoms with Crippen molar-refractivity contribution in [2.45, 2.75) is 58.4 Å². The van der Waals surface area contributed by atoms with Crippen LogP contribution in [0.1, 0.15) is 67.9 Å². The van der Waals surface area contributed by atoms with Gasteiger partial charge in [0, 0.05) is 60.7 Å². The van der Waals surface area contributed by atoms with Crippen LogP contribution in [-0.2, 0) is 32.8 Å². The van der Waals surface area contributed by atoms with Crippen molar-refractivity contribution in [1.29, 1.82) is 0 Å². The number of carboxylic acids is 1. The fraction of sp³-hybridized carbons (Fsp3) is 0.429. The van der Waals surface area contributed by atoms with Crippen molar-refractivity contribution in [1.82, 2.24) is 9.62 Å². The third-order valence-corrected chi connectivity index (χ3v) is 7.26. The molecule has 1 heterocycles. The molecule has 2 aromatic rings. The van der Waals surface area contributed by atoms with Crippen LogP contribution in [0.3, 0.4) is 0 Å². The highest BCUT2D eigenvalue weighted by Crippen LogP contribution is 2.38. The molecule has 1 aliphatic heterocycles. The Morgan fingerprint density at radius 1 is 1.17 bits per heavy atom. The summed E-state index contributed by atoms with van der Waals surface area (Å²) in [4.78, 5) is 49.8. The SMILES string of the molecule is COc1c(C(=O)Nc2ccc(CN(CCCCC(=O)O)S(=O)[O-])cc2)cc(N2CCC(=O)NC2=O)cc1C(C)(C)C. The molecule has 4 amide bonds. The second kappa shape index (κ2) is 13.7. The maximum atomic E-state index is 13.5. The van der Waals surface area contributed by atoms with Gasteiger partial charge in [-0.3, -0.25) is 28.8 Å². The molecule has 0 bridgehead atoms. The van der Waals surface area contributed by atoms with E-state index in [4.69, 9.17) is 9.84 Å². The second-order valence-corrected chi connectivity index (χ2v) is 11.6. The van der Waals surface area contributed by atoms with Crippen molar-refractivity contribution in [3.05, 3.63) is 53.1 Å². The van der Waals surface area contributed by atoms with Gasteiger partial charge >= 0.3 is 12.0 Å². The first-order chi connectivity index (χ1) is 19.3. The number of nitrogens with one attached hydrogen (secondary N) is 2. The van der Waals surface area contributed by atoms with Crippen LogP contribution in [0.2, 0.25) is 0 Å². The first kappa shape index (κ1) is 31.7. The molecule has 2 aromatic carbocycles. The number of amides is 4. The average Bonchev–Trinajstić information content (AvgIpc) is 2.89. The highest BCUT2D eigenvalue weighted by atomic mass is 32.2. The molecule has 0 saturated carbocycles. The van der Waals surface area contributed by atoms with Crippen molar-refractivity contribution in [2.75, 3.05) is 30.4 Å². The van der Waals surface area contributed by atoms with E-state index >= 15 is 0 Å². The maximum absolute atomic E-state index is 13.5. The summed E-state index contributed by atoms with van der Waals surface area (Å²) in [5.74, 6) is -1.40. The molecule has 3 N–H and O–H groups in total. The molecule has 222 valence electrons. The van der Waals surface area contributed by atoms with Gasteiger partial charge in [0.05, 0.1) is 12.7 Å². The monoisotopic (exact) mass is 587 g/mol. The van der Waals surface area contributed by atoms with Crippen LogP contribution in [0.25, 0.3) is 0 Å². The number of hydrogen-bond acceptors (Lipinski definition) is 7. The fourth-order valence-electron chi connectivity index (χ4n) is 4.39. The Balaban J connectivity index is 1.81. The Morgan fingerprint density at radius 2 is 1.85 bits per heavy atom. The minimum Gasteiger partial charge on any atom is -0.760 e. The van der Waals surface area contributed by atoms with E-state index < -0.39 is 34.6 Å². The number of hydrogen-bond donors (Lipinski definition) is 3. The van der Waals surface area contributed by atoms with Crippen LogP contribution in [0.15, 0.2) is 36.4 Å². The van der Waals surface area contributed by atoms with Gasteiger partial charge in [0.1, 0.15) is 5.75 Å². The molecule has 0 spiro atoms. The zero-order chi connectivity index (χ0) is 30.3. The second-order valence-electron chi connectivity index (χ2n) is 10.7. The van der Waals surface area contributed by atoms with Gasteiger partial charge in [0.15, 0.2) is 0 Å². The molecule has 0 aliphatic carbocycles. The number of anilines is 2. The number of unbranched alkanes of at least 4 members (excludes halogenated alkanes) is 1. The van der Waals surface area contributed by atoms with Crippen LogP contribution in [0.5, 0.6) is 5.75 Å². The first-order valence-corrected chi connectivity index (χ1v) is 14.1. The topological polar surface area (TPSA) is 168 Å². The number of aliphatic carboxylic acids is 1. The summed E-state index contributed by atoms with van der Waals surface area (Å²) in [6.45, 7) is 6.34. The van der Waals surface area contributed by atoms with Gasteiger partial charge in [-0.05, 0) is 48.1 Å². The highest BCUT2D eigenvalue weighted by molar-refractivity contribution is 7.76. The number of carboxylic acid groups (broad SMARTS) is 1. The molecule has 0 radical (unpaired) electrons. The normalized spacial score (nSPS) is 14.5. The number of imide groups is 1. The predicted octanol–water partition coefficient (Wildman–Crippen LogP) is 3.54. The number of carbonyl (C=O) groups excluding carboxylic acids is 3. The van der Waals surface area contributed by atoms with E-state index in [0.29, 0.717) is 41.1 Å². The van der Waals surface area contributed by atoms with Gasteiger partial charge < -0.3 is 19.7 Å². The summed E-state index contributed by atoms with van der Waals surface area (Å²) in [6.07, 6.45) is 0.900. The van der Waals surface area contributed by atoms with E-state index in [2.05, 4.69) is 10.6 Å². The zero-order valence-corrected chi connectivity index (χ0v) is 24.3. The quantitative estimate of drug-likeness (QED) is 0.250. The molecular formula is C28H35N4O8S-. The average molecular weight is 588 g/mol. The van der Waals surface area contributed by atoms with Crippen LogP contribution < -0.4 is 20.3 Å². The lowest BCUT2D eigenvalue weighted by Crippen LogP contribution is -2.49. The van der Waals surface area contributed by atoms with Crippen molar-refractivity contribution in [3.63, 3.8) is 0 Å². The molecule has 1 unspecified atom stereocenters. The van der Waals surface area contributed by atoms with Crippen LogP contribution in [0, 0.1) is 0 Å². The summed E-state index contributed by atoms with van der Waals surface area (Å²) < 4.78 is 30.1. The summed E-state index contributed by atoms with van der Waals surface area (Å²) in [6, 6.07) is 9.45. The van der Waals surface area contributed by atoms with Gasteiger partial charge in [0.25, 0.3) is 5.91 Å². The molecule has 1 fully saturated rings. The van der Waals surface area contributed by atoms with Crippen LogP contribution >= 0.6 is 0 Å². The lowest BCUT2D eigenvalue weighted by molar-refractivity contribution is -0.137. The highest BCUT2D eigenvalue weighted by Gasteiger charge is 2.30. The van der Waals surface area contributed by atoms with E-state index in [0.717, 1.165) is 0 Å². The molecular weight excluding hydrogens is 552 g/mol. The molecule has 0 aromatic heterocycles. The Labute approximate surface area is 241 Å². The third-order valence-electron chi connectivity index (χ3n) is 6.53. The van der Waals surface area contributed by atoms with Gasteiger partial charge in [-0.25, -0.2) is 9.10 Å². The van der Waals surface area contributed by atoms with Crippen molar-refractivity contribution < 1.29 is 37.8 Å². The molecule has 3 rings (SSSR count). The largest absolute Gasteiger partial charge is 0.760 e. The Hall–Kier alpha value is -3.81. The summed E-state index contributed by atoms with van der Waals surface area (Å²) >= 11 is -2.48. The lowest BCUT2D eigenvalue weighted by atomic mass is 9.84. The standard InChI is InChI=1S/C28H36N4O8S/c1-28(2,3)22-16-20(32-14-12-23(33)30-27(32)37)15-21(25(22)40-4)26(36)29-19-10-8-18(9-11-19)17-31(41(38)39)13-6-5-7-24(34)35/h8-11,15-16H,5-7,12-14,17H2,1-4H3,(H,29,36)(H,34,35)(H,38,39)(H,30,33,37)/p-1. The maximum Gasteiger partial charge on any atom is 0.328 e. The van der Waals surface area contributed by atoms with Crippen molar-refractivity contribution >= 4 is 46.5 Å². The Morgan fingerprint density at radius 3 is 2.41 bits per heavy atom. The van der Waals surface area contributed by atoms with Gasteiger partial charge in [-0.15, -0.1) is 0 Å². The molecule has 1 atom stereocenters. The van der Waals surface area contributed by atoms with Gasteiger partial charge in [0.2, 0.25) is 5.91 Å². The molecule has 1 aliphatic rings. The molecule has 13 heteroatoms. The van der Waals surface area contributed by atoms with Crippen molar-refractivity contribution in [3.8, 4) is 5.75 Å². The molecule has 41 heavy (non-hydrogen) atoms. The fourth-order valence-corrected chi connectivity index (χ4v) is 4.92. The van der Waals surface area contributed by atoms with E-state index in [9.17, 15) is 27.9 Å². The Bertz CT molecular complexity index is 1320. The van der Waals surface area contributed by atoms with E-state index in [1.807, 2.05) is 20.8 Å². The number of urea groups is 1. The number of ether oxygens (including phenoxy) is 1. The zero-order valence-electron chi connectivity index (χ0n) is 23.5. The predicted molar refractivity (Wildman–Crippen MR) is 152 cm³/mol. The first-order valence-electron chi connectivity index (χ1n) is 13.1. The number of benzene rings is 2. The van der Waals surface area contributed by atoms with E-state index in [1.165, 1.54) is 16.3 Å². The summed E-state index contributed by atoms with van der Waals surface area (Å²) in [7, 11) is 1.47. The minimum absolute atomic E-state index is 0.0242. The molecule has 1 saturated heterocycles. The molecule has 12 nitrogen and oxygen atoms in total. The Kier molecular flexibility index (Phi) is 10.6.